The first-order chi connectivity index (χ1) is 4.04. The van der Waals surface area contributed by atoms with Gasteiger partial charge in [0.1, 0.15) is 5.76 Å². The molecule has 52 valence electrons. The third-order valence-electron chi connectivity index (χ3n) is 0.681. The Hall–Kier alpha value is -0.440. The van der Waals surface area contributed by atoms with E-state index in [9.17, 15) is 0 Å². The minimum absolute atomic E-state index is 0.156. The predicted octanol–water partition coefficient (Wildman–Crippen LogP) is 2.63. The highest BCUT2D eigenvalue weighted by Crippen LogP contribution is 2.11. The van der Waals surface area contributed by atoms with Crippen LogP contribution in [0, 0.1) is 0 Å². The maximum atomic E-state index is 8.75. The SMILES string of the molecule is C/C(O)=C(Br)\C=C(/C)O. The molecule has 0 heterocycles. The van der Waals surface area contributed by atoms with Crippen LogP contribution >= 0.6 is 15.9 Å². The number of hydrogen-bond acceptors (Lipinski definition) is 2. The average Bonchev–Trinajstić information content (AvgIpc) is 1.63. The van der Waals surface area contributed by atoms with Crippen molar-refractivity contribution in [2.45, 2.75) is 13.8 Å². The summed E-state index contributed by atoms with van der Waals surface area (Å²) in [6, 6.07) is 0. The van der Waals surface area contributed by atoms with Crippen molar-refractivity contribution in [3.63, 3.8) is 0 Å². The van der Waals surface area contributed by atoms with Crippen LogP contribution < -0.4 is 0 Å². The zero-order chi connectivity index (χ0) is 7.44. The van der Waals surface area contributed by atoms with Crippen LogP contribution in [0.25, 0.3) is 0 Å². The Morgan fingerprint density at radius 3 is 1.89 bits per heavy atom. The molecule has 0 radical (unpaired) electrons. The van der Waals surface area contributed by atoms with E-state index in [4.69, 9.17) is 10.2 Å². The fraction of sp³-hybridized carbons (Fsp3) is 0.333. The van der Waals surface area contributed by atoms with E-state index >= 15 is 0 Å². The van der Waals surface area contributed by atoms with Crippen LogP contribution in [0.4, 0.5) is 0 Å². The second kappa shape index (κ2) is 3.56. The van der Waals surface area contributed by atoms with Crippen LogP contribution in [-0.2, 0) is 0 Å². The zero-order valence-corrected chi connectivity index (χ0v) is 6.94. The average molecular weight is 193 g/mol. The largest absolute Gasteiger partial charge is 0.513 e. The summed E-state index contributed by atoms with van der Waals surface area (Å²) in [5, 5.41) is 17.4. The summed E-state index contributed by atoms with van der Waals surface area (Å²) in [6.07, 6.45) is 1.43. The highest BCUT2D eigenvalue weighted by atomic mass is 79.9. The van der Waals surface area contributed by atoms with E-state index in [2.05, 4.69) is 15.9 Å². The predicted molar refractivity (Wildman–Crippen MR) is 40.6 cm³/mol. The van der Waals surface area contributed by atoms with Crippen molar-refractivity contribution in [3.05, 3.63) is 22.1 Å². The van der Waals surface area contributed by atoms with Crippen molar-refractivity contribution in [2.75, 3.05) is 0 Å². The van der Waals surface area contributed by atoms with Gasteiger partial charge in [0.15, 0.2) is 0 Å². The number of aliphatic hydroxyl groups is 2. The van der Waals surface area contributed by atoms with Crippen molar-refractivity contribution >= 4 is 15.9 Å². The lowest BCUT2D eigenvalue weighted by Crippen LogP contribution is -1.76. The van der Waals surface area contributed by atoms with Gasteiger partial charge >= 0.3 is 0 Å². The topological polar surface area (TPSA) is 40.5 Å². The minimum atomic E-state index is 0.156. The molecule has 0 aliphatic heterocycles. The molecule has 0 fully saturated rings. The third kappa shape index (κ3) is 4.09. The molecule has 0 aliphatic rings. The molecule has 0 spiro atoms. The standard InChI is InChI=1S/C6H9BrO2/c1-4(8)3-6(7)5(2)9/h3,8-9H,1-2H3/b4-3+,6-5-. The van der Waals surface area contributed by atoms with Crippen molar-refractivity contribution in [1.82, 2.24) is 0 Å². The molecule has 0 rings (SSSR count). The van der Waals surface area contributed by atoms with E-state index in [1.807, 2.05) is 0 Å². The normalized spacial score (nSPS) is 15.2. The number of hydrogen-bond donors (Lipinski definition) is 2. The van der Waals surface area contributed by atoms with E-state index in [1.54, 1.807) is 0 Å². The van der Waals surface area contributed by atoms with Crippen molar-refractivity contribution in [1.29, 1.82) is 0 Å². The molecule has 2 nitrogen and oxygen atoms in total. The van der Waals surface area contributed by atoms with Gasteiger partial charge in [-0.25, -0.2) is 0 Å². The van der Waals surface area contributed by atoms with Gasteiger partial charge in [0.25, 0.3) is 0 Å². The Labute approximate surface area is 62.6 Å². The number of halogens is 1. The Kier molecular flexibility index (Phi) is 3.39. The van der Waals surface area contributed by atoms with Gasteiger partial charge < -0.3 is 10.2 Å². The number of allylic oxidation sites excluding steroid dienone is 4. The van der Waals surface area contributed by atoms with Crippen LogP contribution in [0.2, 0.25) is 0 Å². The van der Waals surface area contributed by atoms with E-state index in [0.29, 0.717) is 4.48 Å². The minimum Gasteiger partial charge on any atom is -0.513 e. The fourth-order valence-corrected chi connectivity index (χ4v) is 0.619. The molecule has 0 aliphatic carbocycles. The molecular weight excluding hydrogens is 184 g/mol. The maximum Gasteiger partial charge on any atom is 0.103 e. The summed E-state index contributed by atoms with van der Waals surface area (Å²) in [6.45, 7) is 3.06. The second-order valence-corrected chi connectivity index (χ2v) is 2.57. The first-order valence-corrected chi connectivity index (χ1v) is 3.26. The molecule has 0 aromatic heterocycles. The van der Waals surface area contributed by atoms with Gasteiger partial charge in [0, 0.05) is 0 Å². The molecule has 0 atom stereocenters. The van der Waals surface area contributed by atoms with E-state index < -0.39 is 0 Å². The summed E-state index contributed by atoms with van der Waals surface area (Å²) in [4.78, 5) is 0. The lowest BCUT2D eigenvalue weighted by Gasteiger charge is -1.91. The van der Waals surface area contributed by atoms with E-state index in [0.717, 1.165) is 0 Å². The lowest BCUT2D eigenvalue weighted by atomic mass is 10.4. The van der Waals surface area contributed by atoms with Crippen molar-refractivity contribution in [3.8, 4) is 0 Å². The first kappa shape index (κ1) is 8.56. The van der Waals surface area contributed by atoms with E-state index in [-0.39, 0.29) is 11.5 Å². The Morgan fingerprint density at radius 1 is 1.33 bits per heavy atom. The molecule has 0 aromatic rings. The summed E-state index contributed by atoms with van der Waals surface area (Å²) >= 11 is 3.04. The van der Waals surface area contributed by atoms with Crippen LogP contribution in [0.3, 0.4) is 0 Å². The van der Waals surface area contributed by atoms with Crippen LogP contribution in [-0.4, -0.2) is 10.2 Å². The van der Waals surface area contributed by atoms with Crippen molar-refractivity contribution in [2.24, 2.45) is 0 Å². The molecule has 0 saturated heterocycles. The Morgan fingerprint density at radius 2 is 1.78 bits per heavy atom. The Bertz CT molecular complexity index is 150. The zero-order valence-electron chi connectivity index (χ0n) is 5.35. The van der Waals surface area contributed by atoms with Gasteiger partial charge in [-0.2, -0.15) is 0 Å². The lowest BCUT2D eigenvalue weighted by molar-refractivity contribution is 0.405. The molecule has 0 aromatic carbocycles. The number of aliphatic hydroxyl groups excluding tert-OH is 2. The Balaban J connectivity index is 4.25. The maximum absolute atomic E-state index is 8.75. The summed E-state index contributed by atoms with van der Waals surface area (Å²) < 4.78 is 0.502. The monoisotopic (exact) mass is 192 g/mol. The molecule has 0 saturated carbocycles. The molecule has 2 N–H and O–H groups in total. The molecule has 0 amide bonds. The smallest absolute Gasteiger partial charge is 0.103 e. The molecule has 9 heavy (non-hydrogen) atoms. The van der Waals surface area contributed by atoms with Gasteiger partial charge in [-0.3, -0.25) is 0 Å². The quantitative estimate of drug-likeness (QED) is 0.496. The highest BCUT2D eigenvalue weighted by molar-refractivity contribution is 9.11. The molecular formula is C6H9BrO2. The van der Waals surface area contributed by atoms with Crippen LogP contribution in [0.15, 0.2) is 22.1 Å². The summed E-state index contributed by atoms with van der Waals surface area (Å²) in [5.41, 5.74) is 0. The highest BCUT2D eigenvalue weighted by Gasteiger charge is 1.91. The fourth-order valence-electron chi connectivity index (χ4n) is 0.288. The molecule has 3 heteroatoms. The summed E-state index contributed by atoms with van der Waals surface area (Å²) in [5.74, 6) is 0.318. The van der Waals surface area contributed by atoms with Crippen molar-refractivity contribution < 1.29 is 10.2 Å². The first-order valence-electron chi connectivity index (χ1n) is 2.46. The summed E-state index contributed by atoms with van der Waals surface area (Å²) in [7, 11) is 0. The number of rotatable bonds is 1. The second-order valence-electron chi connectivity index (χ2n) is 1.72. The molecule has 0 unspecified atom stereocenters. The van der Waals surface area contributed by atoms with Gasteiger partial charge in [0.2, 0.25) is 0 Å². The third-order valence-corrected chi connectivity index (χ3v) is 1.48. The van der Waals surface area contributed by atoms with Crippen LogP contribution in [0.5, 0.6) is 0 Å². The van der Waals surface area contributed by atoms with Gasteiger partial charge in [-0.05, 0) is 35.9 Å². The van der Waals surface area contributed by atoms with Crippen LogP contribution in [0.1, 0.15) is 13.8 Å². The molecule has 0 bridgehead atoms. The van der Waals surface area contributed by atoms with Gasteiger partial charge in [-0.1, -0.05) is 0 Å². The van der Waals surface area contributed by atoms with Gasteiger partial charge in [-0.15, -0.1) is 0 Å². The van der Waals surface area contributed by atoms with E-state index in [1.165, 1.54) is 19.9 Å². The van der Waals surface area contributed by atoms with Gasteiger partial charge in [0.05, 0.1) is 10.2 Å².